The highest BCUT2D eigenvalue weighted by Gasteiger charge is 2.37. The van der Waals surface area contributed by atoms with Crippen molar-refractivity contribution in [3.8, 4) is 0 Å². The Hall–Kier alpha value is -5.06. The van der Waals surface area contributed by atoms with E-state index in [1.165, 1.54) is 25.7 Å². The summed E-state index contributed by atoms with van der Waals surface area (Å²) in [5, 5.41) is 13.7. The van der Waals surface area contributed by atoms with E-state index in [1.54, 1.807) is 41.5 Å². The van der Waals surface area contributed by atoms with Gasteiger partial charge in [0.15, 0.2) is 0 Å². The molecule has 75 heavy (non-hydrogen) atoms. The molecule has 0 aliphatic rings. The number of nitrogens with two attached hydrogens (primary N) is 1. The van der Waals surface area contributed by atoms with Gasteiger partial charge >= 0.3 is 17.9 Å². The maximum atomic E-state index is 14.4. The van der Waals surface area contributed by atoms with Crippen molar-refractivity contribution in [1.82, 2.24) is 26.6 Å². The predicted octanol–water partition coefficient (Wildman–Crippen LogP) is 8.28. The lowest BCUT2D eigenvalue weighted by atomic mass is 9.97. The Bertz CT molecular complexity index is 1890. The van der Waals surface area contributed by atoms with E-state index in [0.29, 0.717) is 19.3 Å². The molecule has 0 saturated carbocycles. The van der Waals surface area contributed by atoms with Crippen LogP contribution in [0.4, 0.5) is 0 Å². The number of carbonyl (C=O) groups excluding carboxylic acids is 8. The summed E-state index contributed by atoms with van der Waals surface area (Å²) in [6.07, 6.45) is 9.79. The minimum absolute atomic E-state index is 0.0230. The summed E-state index contributed by atoms with van der Waals surface area (Å²) in [4.78, 5) is 111. The van der Waals surface area contributed by atoms with E-state index in [4.69, 9.17) is 19.9 Å². The van der Waals surface area contributed by atoms with Gasteiger partial charge in [0.25, 0.3) is 0 Å². The van der Waals surface area contributed by atoms with Gasteiger partial charge in [-0.1, -0.05) is 164 Å². The molecule has 428 valence electrons. The van der Waals surface area contributed by atoms with Gasteiger partial charge in [-0.05, 0) is 88.0 Å². The van der Waals surface area contributed by atoms with E-state index in [-0.39, 0.29) is 43.6 Å². The van der Waals surface area contributed by atoms with Crippen LogP contribution in [0.25, 0.3) is 0 Å². The smallest absolute Gasteiger partial charge is 0.329 e. The number of rotatable bonds is 37. The standard InChI is InChI=1S/C58H100N6O11/c1-15-17-18-19-20-21-22-23-27-30-43(34-48(65)73-36-42-28-25-24-26-29-42)74-57(72)51(41(11)16-2)64-55(70)46(33-39(7)8)61-53(68)47(35-49(66)75-58(12,13)14)62-56(71)50(40(9)10)63-54(69)45(32-38(5)6)60-52(67)44(59)31-37(3)4/h24-26,28-29,37-41,43-47,50-51H,15-23,27,30-36,59H2,1-14H3,(H,60,67)(H,61,68)(H,62,71)(H,63,69)(H,64,70)/t41-,43?,44-,45-,46+,47-,50-,51-/m0/s1. The van der Waals surface area contributed by atoms with Gasteiger partial charge in [-0.2, -0.15) is 0 Å². The Morgan fingerprint density at radius 1 is 0.547 bits per heavy atom. The number of unbranched alkanes of at least 4 members (excludes halogenated alkanes) is 8. The minimum atomic E-state index is -1.58. The summed E-state index contributed by atoms with van der Waals surface area (Å²) in [5.74, 6) is -6.56. The molecule has 0 aliphatic heterocycles. The molecule has 0 fully saturated rings. The second-order valence-electron chi connectivity index (χ2n) is 23.1. The average Bonchev–Trinajstić information content (AvgIpc) is 3.31. The fourth-order valence-corrected chi connectivity index (χ4v) is 8.41. The van der Waals surface area contributed by atoms with Gasteiger partial charge in [0.1, 0.15) is 48.5 Å². The fraction of sp³-hybridized carbons (Fsp3) is 0.759. The Kier molecular flexibility index (Phi) is 32.7. The van der Waals surface area contributed by atoms with Crippen molar-refractivity contribution in [1.29, 1.82) is 0 Å². The van der Waals surface area contributed by atoms with E-state index >= 15 is 0 Å². The third-order valence-electron chi connectivity index (χ3n) is 12.7. The predicted molar refractivity (Wildman–Crippen MR) is 293 cm³/mol. The van der Waals surface area contributed by atoms with Gasteiger partial charge in [-0.25, -0.2) is 4.79 Å². The molecule has 0 aromatic heterocycles. The largest absolute Gasteiger partial charge is 0.461 e. The number of amides is 5. The van der Waals surface area contributed by atoms with Gasteiger partial charge in [-0.3, -0.25) is 33.6 Å². The van der Waals surface area contributed by atoms with Crippen LogP contribution in [-0.4, -0.2) is 95.4 Å². The first-order valence-corrected chi connectivity index (χ1v) is 28.1. The van der Waals surface area contributed by atoms with Crippen LogP contribution in [0.5, 0.6) is 0 Å². The van der Waals surface area contributed by atoms with Gasteiger partial charge < -0.3 is 46.5 Å². The van der Waals surface area contributed by atoms with Crippen LogP contribution in [0.3, 0.4) is 0 Å². The third-order valence-corrected chi connectivity index (χ3v) is 12.7. The van der Waals surface area contributed by atoms with Crippen molar-refractivity contribution in [3.05, 3.63) is 35.9 Å². The van der Waals surface area contributed by atoms with E-state index in [9.17, 15) is 38.4 Å². The fourth-order valence-electron chi connectivity index (χ4n) is 8.41. The number of carbonyl (C=O) groups is 8. The van der Waals surface area contributed by atoms with Gasteiger partial charge in [0, 0.05) is 0 Å². The first-order chi connectivity index (χ1) is 35.2. The zero-order valence-corrected chi connectivity index (χ0v) is 48.4. The summed E-state index contributed by atoms with van der Waals surface area (Å²) in [5.41, 5.74) is 6.01. The molecular formula is C58H100N6O11. The molecule has 0 aliphatic carbocycles. The van der Waals surface area contributed by atoms with Crippen LogP contribution in [0.2, 0.25) is 0 Å². The molecule has 1 aromatic carbocycles. The molecule has 0 saturated heterocycles. The zero-order chi connectivity index (χ0) is 56.8. The first-order valence-electron chi connectivity index (χ1n) is 28.1. The number of ether oxygens (including phenoxy) is 3. The molecule has 0 spiro atoms. The molecular weight excluding hydrogens is 957 g/mol. The van der Waals surface area contributed by atoms with Crippen molar-refractivity contribution >= 4 is 47.4 Å². The maximum absolute atomic E-state index is 14.4. The molecule has 0 heterocycles. The summed E-state index contributed by atoms with van der Waals surface area (Å²) < 4.78 is 17.2. The lowest BCUT2D eigenvalue weighted by molar-refractivity contribution is -0.160. The summed E-state index contributed by atoms with van der Waals surface area (Å²) >= 11 is 0. The highest BCUT2D eigenvalue weighted by molar-refractivity contribution is 5.97. The number of esters is 3. The van der Waals surface area contributed by atoms with Gasteiger partial charge in [-0.15, -0.1) is 0 Å². The Balaban J connectivity index is 3.46. The van der Waals surface area contributed by atoms with E-state index in [0.717, 1.165) is 37.7 Å². The zero-order valence-electron chi connectivity index (χ0n) is 48.4. The monoisotopic (exact) mass is 1060 g/mol. The van der Waals surface area contributed by atoms with Gasteiger partial charge in [0.2, 0.25) is 29.5 Å². The molecule has 17 nitrogen and oxygen atoms in total. The Morgan fingerprint density at radius 2 is 1.03 bits per heavy atom. The summed E-state index contributed by atoms with van der Waals surface area (Å²) in [6, 6.07) is 2.19. The molecule has 8 atom stereocenters. The lowest BCUT2D eigenvalue weighted by Gasteiger charge is -2.30. The topological polar surface area (TPSA) is 250 Å². The molecule has 1 rings (SSSR count). The molecule has 1 aromatic rings. The molecule has 0 radical (unpaired) electrons. The van der Waals surface area contributed by atoms with Crippen LogP contribution in [0.1, 0.15) is 205 Å². The van der Waals surface area contributed by atoms with Crippen LogP contribution in [-0.2, 0) is 59.2 Å². The minimum Gasteiger partial charge on any atom is -0.461 e. The van der Waals surface area contributed by atoms with Crippen LogP contribution >= 0.6 is 0 Å². The number of nitrogens with one attached hydrogen (secondary N) is 5. The normalized spacial score (nSPS) is 14.9. The first kappa shape index (κ1) is 68.0. The van der Waals surface area contributed by atoms with Crippen LogP contribution in [0.15, 0.2) is 30.3 Å². The second kappa shape index (κ2) is 36.1. The van der Waals surface area contributed by atoms with Crippen molar-refractivity contribution in [3.63, 3.8) is 0 Å². The van der Waals surface area contributed by atoms with Crippen molar-refractivity contribution in [2.24, 2.45) is 35.3 Å². The van der Waals surface area contributed by atoms with Crippen LogP contribution < -0.4 is 32.3 Å². The summed E-state index contributed by atoms with van der Waals surface area (Å²) in [6.45, 7) is 25.6. The highest BCUT2D eigenvalue weighted by atomic mass is 16.6. The molecule has 1 unspecified atom stereocenters. The number of benzene rings is 1. The maximum Gasteiger partial charge on any atom is 0.329 e. The lowest BCUT2D eigenvalue weighted by Crippen LogP contribution is -2.61. The SMILES string of the molecule is CCCCCCCCCCCC(CC(=O)OCc1ccccc1)OC(=O)[C@@H](NC(=O)[C@@H](CC(C)C)NC(=O)[C@H](CC(=O)OC(C)(C)C)NC(=O)[C@@H](NC(=O)[C@H](CC(C)C)NC(=O)[C@@H](N)CC(C)C)C(C)C)[C@@H](C)CC. The quantitative estimate of drug-likeness (QED) is 0.0209. The van der Waals surface area contributed by atoms with Crippen molar-refractivity contribution in [2.45, 2.75) is 254 Å². The van der Waals surface area contributed by atoms with E-state index in [2.05, 4.69) is 33.5 Å². The second-order valence-corrected chi connectivity index (χ2v) is 23.1. The molecule has 0 bridgehead atoms. The number of hydrogen-bond donors (Lipinski definition) is 6. The van der Waals surface area contributed by atoms with E-state index in [1.807, 2.05) is 78.8 Å². The molecule has 17 heteroatoms. The van der Waals surface area contributed by atoms with Crippen molar-refractivity contribution < 1.29 is 52.6 Å². The average molecular weight is 1060 g/mol. The van der Waals surface area contributed by atoms with Crippen molar-refractivity contribution in [2.75, 3.05) is 0 Å². The Labute approximate surface area is 450 Å². The molecule has 5 amide bonds. The molecule has 7 N–H and O–H groups in total. The van der Waals surface area contributed by atoms with Crippen LogP contribution in [0, 0.1) is 29.6 Å². The number of hydrogen-bond acceptors (Lipinski definition) is 12. The third kappa shape index (κ3) is 29.7. The van der Waals surface area contributed by atoms with E-state index < -0.39 is 114 Å². The Morgan fingerprint density at radius 3 is 1.52 bits per heavy atom. The highest BCUT2D eigenvalue weighted by Crippen LogP contribution is 2.20. The summed E-state index contributed by atoms with van der Waals surface area (Å²) in [7, 11) is 0. The van der Waals surface area contributed by atoms with Gasteiger partial charge in [0.05, 0.1) is 18.9 Å².